The number of hydrogen-bond donors (Lipinski definition) is 1. The van der Waals surface area contributed by atoms with Gasteiger partial charge in [-0.2, -0.15) is 11.8 Å². The summed E-state index contributed by atoms with van der Waals surface area (Å²) in [6, 6.07) is 4.84. The highest BCUT2D eigenvalue weighted by atomic mass is 32.2. The lowest BCUT2D eigenvalue weighted by Gasteiger charge is -2.34. The highest BCUT2D eigenvalue weighted by Gasteiger charge is 2.34. The van der Waals surface area contributed by atoms with Crippen LogP contribution < -0.4 is 5.73 Å². The number of nitrogens with two attached hydrogens (primary N) is 1. The van der Waals surface area contributed by atoms with Crippen molar-refractivity contribution in [2.75, 3.05) is 30.4 Å². The van der Waals surface area contributed by atoms with Crippen LogP contribution in [0.2, 0.25) is 0 Å². The predicted molar refractivity (Wildman–Crippen MR) is 84.4 cm³/mol. The summed E-state index contributed by atoms with van der Waals surface area (Å²) in [6.07, 6.45) is 0. The number of nitrogens with zero attached hydrogens (tertiary/aromatic N) is 1. The van der Waals surface area contributed by atoms with Gasteiger partial charge in [0.05, 0.1) is 12.2 Å². The number of hydrogen-bond acceptors (Lipinski definition) is 5. The van der Waals surface area contributed by atoms with Gasteiger partial charge in [0, 0.05) is 23.7 Å². The van der Waals surface area contributed by atoms with E-state index in [1.165, 1.54) is 0 Å². The quantitative estimate of drug-likeness (QED) is 0.679. The Morgan fingerprint density at radius 1 is 1.48 bits per heavy atom. The van der Waals surface area contributed by atoms with Gasteiger partial charge in [-0.15, -0.1) is 0 Å². The van der Waals surface area contributed by atoms with Crippen LogP contribution in [0.1, 0.15) is 22.8 Å². The molecule has 1 aromatic carbocycles. The number of benzene rings is 1. The third kappa shape index (κ3) is 3.32. The van der Waals surface area contributed by atoms with E-state index in [1.54, 1.807) is 35.7 Å². The molecule has 1 amide bonds. The number of nitrogen functional groups attached to an aromatic ring is 1. The summed E-state index contributed by atoms with van der Waals surface area (Å²) < 4.78 is 5.07. The monoisotopic (exact) mass is 308 g/mol. The van der Waals surface area contributed by atoms with Crippen molar-refractivity contribution in [3.05, 3.63) is 29.3 Å². The number of esters is 1. The fraction of sp³-hybridized carbons (Fsp3) is 0.467. The molecule has 1 unspecified atom stereocenters. The number of ether oxygens (including phenoxy) is 1. The minimum absolute atomic E-state index is 0.199. The van der Waals surface area contributed by atoms with Crippen LogP contribution in [0.3, 0.4) is 0 Å². The molecule has 0 aromatic heterocycles. The number of carbonyl (C=O) groups is 2. The maximum atomic E-state index is 12.7. The second kappa shape index (κ2) is 6.85. The van der Waals surface area contributed by atoms with E-state index in [0.29, 0.717) is 30.2 Å². The zero-order chi connectivity index (χ0) is 15.4. The Hall–Kier alpha value is -1.69. The van der Waals surface area contributed by atoms with Gasteiger partial charge in [-0.25, -0.2) is 4.79 Å². The fourth-order valence-corrected chi connectivity index (χ4v) is 3.33. The van der Waals surface area contributed by atoms with E-state index in [1.807, 2.05) is 13.0 Å². The van der Waals surface area contributed by atoms with E-state index in [4.69, 9.17) is 10.5 Å². The average molecular weight is 308 g/mol. The van der Waals surface area contributed by atoms with Crippen molar-refractivity contribution in [3.8, 4) is 0 Å². The molecule has 2 N–H and O–H groups in total. The van der Waals surface area contributed by atoms with E-state index in [2.05, 4.69) is 0 Å². The number of carbonyl (C=O) groups excluding carboxylic acids is 2. The van der Waals surface area contributed by atoms with E-state index in [0.717, 1.165) is 11.3 Å². The standard InChI is InChI=1S/C15H20N2O3S/c1-3-20-15(19)12-9-21-8-7-17(12)14(18)11-6-4-5-10(2)13(11)16/h4-6,12H,3,7-9,16H2,1-2H3. The van der Waals surface area contributed by atoms with Crippen molar-refractivity contribution in [3.63, 3.8) is 0 Å². The van der Waals surface area contributed by atoms with Gasteiger partial charge in [0.1, 0.15) is 6.04 Å². The molecule has 1 heterocycles. The largest absolute Gasteiger partial charge is 0.464 e. The molecular weight excluding hydrogens is 288 g/mol. The first kappa shape index (κ1) is 15.7. The average Bonchev–Trinajstić information content (AvgIpc) is 2.49. The molecule has 1 aliphatic heterocycles. The molecule has 0 bridgehead atoms. The highest BCUT2D eigenvalue weighted by Crippen LogP contribution is 2.24. The van der Waals surface area contributed by atoms with E-state index in [-0.39, 0.29) is 11.9 Å². The molecule has 2 rings (SSSR count). The maximum absolute atomic E-state index is 12.7. The summed E-state index contributed by atoms with van der Waals surface area (Å²) in [7, 11) is 0. The van der Waals surface area contributed by atoms with Crippen molar-refractivity contribution < 1.29 is 14.3 Å². The van der Waals surface area contributed by atoms with Crippen LogP contribution >= 0.6 is 11.8 Å². The third-order valence-corrected chi connectivity index (χ3v) is 4.53. The molecule has 1 saturated heterocycles. The fourth-order valence-electron chi connectivity index (χ4n) is 2.30. The number of rotatable bonds is 3. The van der Waals surface area contributed by atoms with E-state index in [9.17, 15) is 9.59 Å². The zero-order valence-corrected chi connectivity index (χ0v) is 13.1. The van der Waals surface area contributed by atoms with Gasteiger partial charge in [0.15, 0.2) is 0 Å². The molecule has 1 aliphatic rings. The molecule has 0 radical (unpaired) electrons. The Labute approximate surface area is 128 Å². The summed E-state index contributed by atoms with van der Waals surface area (Å²) in [4.78, 5) is 26.3. The maximum Gasteiger partial charge on any atom is 0.329 e. The summed E-state index contributed by atoms with van der Waals surface area (Å²) in [5.74, 6) is 0.836. The topological polar surface area (TPSA) is 72.6 Å². The zero-order valence-electron chi connectivity index (χ0n) is 12.3. The van der Waals surface area contributed by atoms with Gasteiger partial charge in [-0.05, 0) is 25.5 Å². The molecule has 0 aliphatic carbocycles. The molecule has 0 spiro atoms. The number of amides is 1. The summed E-state index contributed by atoms with van der Waals surface area (Å²) in [6.45, 7) is 4.47. The van der Waals surface area contributed by atoms with Crippen molar-refractivity contribution in [1.82, 2.24) is 4.90 Å². The van der Waals surface area contributed by atoms with Crippen LogP contribution in [0.4, 0.5) is 5.69 Å². The molecular formula is C15H20N2O3S. The first-order chi connectivity index (χ1) is 10.1. The summed E-state index contributed by atoms with van der Waals surface area (Å²) >= 11 is 1.65. The van der Waals surface area contributed by atoms with Gasteiger partial charge in [-0.3, -0.25) is 4.79 Å². The van der Waals surface area contributed by atoms with Crippen LogP contribution in [-0.2, 0) is 9.53 Å². The lowest BCUT2D eigenvalue weighted by Crippen LogP contribution is -2.51. The molecule has 1 atom stereocenters. The normalized spacial score (nSPS) is 18.4. The van der Waals surface area contributed by atoms with Gasteiger partial charge in [0.25, 0.3) is 5.91 Å². The smallest absolute Gasteiger partial charge is 0.329 e. The van der Waals surface area contributed by atoms with Crippen LogP contribution in [0.5, 0.6) is 0 Å². The van der Waals surface area contributed by atoms with Gasteiger partial charge in [0.2, 0.25) is 0 Å². The van der Waals surface area contributed by atoms with Gasteiger partial charge >= 0.3 is 5.97 Å². The molecule has 0 saturated carbocycles. The lowest BCUT2D eigenvalue weighted by molar-refractivity contribution is -0.147. The summed E-state index contributed by atoms with van der Waals surface area (Å²) in [5.41, 5.74) is 7.79. The van der Waals surface area contributed by atoms with Crippen LogP contribution in [0, 0.1) is 6.92 Å². The molecule has 21 heavy (non-hydrogen) atoms. The highest BCUT2D eigenvalue weighted by molar-refractivity contribution is 7.99. The molecule has 1 aromatic rings. The van der Waals surface area contributed by atoms with Crippen LogP contribution in [-0.4, -0.2) is 47.5 Å². The van der Waals surface area contributed by atoms with Crippen molar-refractivity contribution in [1.29, 1.82) is 0 Å². The van der Waals surface area contributed by atoms with Crippen molar-refractivity contribution in [2.45, 2.75) is 19.9 Å². The first-order valence-electron chi connectivity index (χ1n) is 6.96. The molecule has 114 valence electrons. The van der Waals surface area contributed by atoms with Crippen molar-refractivity contribution >= 4 is 29.3 Å². The van der Waals surface area contributed by atoms with Gasteiger partial charge in [-0.1, -0.05) is 12.1 Å². The lowest BCUT2D eigenvalue weighted by atomic mass is 10.1. The first-order valence-corrected chi connectivity index (χ1v) is 8.12. The Balaban J connectivity index is 2.26. The number of aryl methyl sites for hydroxylation is 1. The Morgan fingerprint density at radius 2 is 2.24 bits per heavy atom. The molecule has 6 heteroatoms. The minimum atomic E-state index is -0.531. The second-order valence-corrected chi connectivity index (χ2v) is 6.03. The van der Waals surface area contributed by atoms with Crippen LogP contribution in [0.15, 0.2) is 18.2 Å². The van der Waals surface area contributed by atoms with E-state index >= 15 is 0 Å². The molecule has 5 nitrogen and oxygen atoms in total. The van der Waals surface area contributed by atoms with E-state index < -0.39 is 6.04 Å². The Morgan fingerprint density at radius 3 is 2.95 bits per heavy atom. The third-order valence-electron chi connectivity index (χ3n) is 3.50. The number of anilines is 1. The van der Waals surface area contributed by atoms with Crippen molar-refractivity contribution in [2.24, 2.45) is 0 Å². The molecule has 1 fully saturated rings. The summed E-state index contributed by atoms with van der Waals surface area (Å²) in [5, 5.41) is 0. The number of thioether (sulfide) groups is 1. The Bertz CT molecular complexity index is 548. The minimum Gasteiger partial charge on any atom is -0.464 e. The Kier molecular flexibility index (Phi) is 5.12. The second-order valence-electron chi connectivity index (χ2n) is 4.88. The van der Waals surface area contributed by atoms with Gasteiger partial charge < -0.3 is 15.4 Å². The predicted octanol–water partition coefficient (Wildman–Crippen LogP) is 1.70. The van der Waals surface area contributed by atoms with Crippen LogP contribution in [0.25, 0.3) is 0 Å². The SMILES string of the molecule is CCOC(=O)C1CSCCN1C(=O)c1cccc(C)c1N. The number of para-hydroxylation sites is 1.